The zero-order chi connectivity index (χ0) is 16.8. The van der Waals surface area contributed by atoms with Gasteiger partial charge in [0.1, 0.15) is 5.82 Å². The van der Waals surface area contributed by atoms with Crippen LogP contribution in [0.25, 0.3) is 0 Å². The highest BCUT2D eigenvalue weighted by Crippen LogP contribution is 2.23. The molecule has 0 bridgehead atoms. The van der Waals surface area contributed by atoms with Crippen molar-refractivity contribution < 1.29 is 14.2 Å². The third kappa shape index (κ3) is 4.43. The highest BCUT2D eigenvalue weighted by molar-refractivity contribution is 9.10. The van der Waals surface area contributed by atoms with E-state index in [1.165, 1.54) is 18.2 Å². The van der Waals surface area contributed by atoms with Gasteiger partial charge in [0.15, 0.2) is 11.5 Å². The first-order chi connectivity index (χ1) is 11.1. The molecule has 1 aromatic heterocycles. The van der Waals surface area contributed by atoms with Crippen LogP contribution in [0.3, 0.4) is 0 Å². The maximum Gasteiger partial charge on any atom is 0.204 e. The highest BCUT2D eigenvalue weighted by atomic mass is 79.9. The molecule has 124 valence electrons. The van der Waals surface area contributed by atoms with Crippen molar-refractivity contribution in [1.82, 2.24) is 15.8 Å². The van der Waals surface area contributed by atoms with E-state index in [9.17, 15) is 9.60 Å². The molecule has 1 aromatic carbocycles. The van der Waals surface area contributed by atoms with E-state index >= 15 is 0 Å². The van der Waals surface area contributed by atoms with E-state index in [2.05, 4.69) is 31.2 Å². The van der Waals surface area contributed by atoms with Crippen LogP contribution in [0.2, 0.25) is 0 Å². The second-order valence-electron chi connectivity index (χ2n) is 4.52. The van der Waals surface area contributed by atoms with Crippen molar-refractivity contribution in [2.24, 2.45) is 4.99 Å². The number of aromatic nitrogens is 2. The number of hydroxylamine groups is 1. The summed E-state index contributed by atoms with van der Waals surface area (Å²) < 4.78 is 18.3. The summed E-state index contributed by atoms with van der Waals surface area (Å²) >= 11 is 4.78. The van der Waals surface area contributed by atoms with Gasteiger partial charge in [-0.1, -0.05) is 0 Å². The highest BCUT2D eigenvalue weighted by Gasteiger charge is 2.19. The number of anilines is 1. The van der Waals surface area contributed by atoms with Crippen LogP contribution in [0, 0.1) is 5.82 Å². The standard InChI is InChI=1S/C13H15BrFN5O2S/c1-20(5-6-23-2)13-11(18-22-19-13)12(17-21)16-8-3-4-10(15)9(14)7-8/h3-4,7,21H,5-6H2,1-2H3,(H,16,17). The van der Waals surface area contributed by atoms with Crippen molar-refractivity contribution in [3.8, 4) is 0 Å². The molecule has 0 amide bonds. The van der Waals surface area contributed by atoms with E-state index in [0.717, 1.165) is 12.3 Å². The monoisotopic (exact) mass is 403 g/mol. The number of benzene rings is 1. The molecule has 0 saturated carbocycles. The summed E-state index contributed by atoms with van der Waals surface area (Å²) in [6.45, 7) is 0.725. The van der Waals surface area contributed by atoms with Gasteiger partial charge < -0.3 is 4.90 Å². The molecule has 0 saturated heterocycles. The number of rotatable bonds is 6. The van der Waals surface area contributed by atoms with Gasteiger partial charge in [0, 0.05) is 19.3 Å². The number of hydrogen-bond acceptors (Lipinski definition) is 7. The first kappa shape index (κ1) is 17.7. The molecular weight excluding hydrogens is 389 g/mol. The molecule has 0 aliphatic rings. The Morgan fingerprint density at radius 2 is 2.30 bits per heavy atom. The number of amidine groups is 1. The van der Waals surface area contributed by atoms with E-state index in [1.54, 1.807) is 11.8 Å². The Kier molecular flexibility index (Phi) is 6.37. The lowest BCUT2D eigenvalue weighted by Gasteiger charge is -2.15. The minimum Gasteiger partial charge on any atom is -0.354 e. The molecule has 2 N–H and O–H groups in total. The lowest BCUT2D eigenvalue weighted by Crippen LogP contribution is -2.27. The number of halogens is 2. The average molecular weight is 404 g/mol. The van der Waals surface area contributed by atoms with Gasteiger partial charge >= 0.3 is 0 Å². The summed E-state index contributed by atoms with van der Waals surface area (Å²) in [5.74, 6) is 0.992. The zero-order valence-corrected chi connectivity index (χ0v) is 14.9. The molecule has 0 unspecified atom stereocenters. The van der Waals surface area contributed by atoms with Gasteiger partial charge in [0.2, 0.25) is 5.82 Å². The van der Waals surface area contributed by atoms with Gasteiger partial charge in [-0.2, -0.15) is 11.8 Å². The van der Waals surface area contributed by atoms with Crippen molar-refractivity contribution in [1.29, 1.82) is 0 Å². The largest absolute Gasteiger partial charge is 0.354 e. The van der Waals surface area contributed by atoms with Gasteiger partial charge in [-0.3, -0.25) is 10.7 Å². The van der Waals surface area contributed by atoms with Gasteiger partial charge in [-0.25, -0.2) is 14.0 Å². The van der Waals surface area contributed by atoms with Crippen LogP contribution < -0.4 is 10.4 Å². The van der Waals surface area contributed by atoms with Gasteiger partial charge in [0.05, 0.1) is 10.2 Å². The molecule has 0 spiro atoms. The predicted octanol–water partition coefficient (Wildman–Crippen LogP) is 2.83. The second-order valence-corrected chi connectivity index (χ2v) is 6.36. The Morgan fingerprint density at radius 1 is 1.52 bits per heavy atom. The summed E-state index contributed by atoms with van der Waals surface area (Å²) in [6.07, 6.45) is 2.00. The van der Waals surface area contributed by atoms with E-state index in [1.807, 2.05) is 23.7 Å². The van der Waals surface area contributed by atoms with Crippen LogP contribution >= 0.6 is 27.7 Å². The number of nitrogens with one attached hydrogen (secondary N) is 1. The Labute approximate surface area is 145 Å². The molecule has 7 nitrogen and oxygen atoms in total. The molecule has 0 radical (unpaired) electrons. The fourth-order valence-corrected chi connectivity index (χ4v) is 2.56. The average Bonchev–Trinajstić information content (AvgIpc) is 3.03. The van der Waals surface area contributed by atoms with Crippen LogP contribution in [0.4, 0.5) is 15.9 Å². The zero-order valence-electron chi connectivity index (χ0n) is 12.5. The van der Waals surface area contributed by atoms with Crippen LogP contribution in [0.1, 0.15) is 5.69 Å². The van der Waals surface area contributed by atoms with E-state index in [0.29, 0.717) is 11.5 Å². The third-order valence-corrected chi connectivity index (χ3v) is 4.14. The minimum atomic E-state index is -0.400. The molecule has 10 heteroatoms. The molecule has 1 heterocycles. The van der Waals surface area contributed by atoms with Gasteiger partial charge in [0.25, 0.3) is 0 Å². The number of nitrogens with zero attached hydrogens (tertiary/aromatic N) is 4. The first-order valence-electron chi connectivity index (χ1n) is 6.53. The molecule has 0 aliphatic carbocycles. The smallest absolute Gasteiger partial charge is 0.204 e. The number of hydrogen-bond donors (Lipinski definition) is 2. The van der Waals surface area contributed by atoms with Crippen molar-refractivity contribution in [2.45, 2.75) is 0 Å². The van der Waals surface area contributed by atoms with Crippen molar-refractivity contribution in [3.05, 3.63) is 34.2 Å². The van der Waals surface area contributed by atoms with Crippen LogP contribution in [-0.4, -0.2) is 47.0 Å². The molecule has 0 atom stereocenters. The predicted molar refractivity (Wildman–Crippen MR) is 91.2 cm³/mol. The van der Waals surface area contributed by atoms with Crippen LogP contribution in [0.5, 0.6) is 0 Å². The SMILES string of the molecule is CSCCN(C)c1nonc1C(=Nc1ccc(F)c(Br)c1)NO. The maximum atomic E-state index is 13.3. The summed E-state index contributed by atoms with van der Waals surface area (Å²) in [7, 11) is 1.84. The fraction of sp³-hybridized carbons (Fsp3) is 0.308. The van der Waals surface area contributed by atoms with E-state index in [4.69, 9.17) is 4.63 Å². The quantitative estimate of drug-likeness (QED) is 0.435. The van der Waals surface area contributed by atoms with Gasteiger partial charge in [-0.15, -0.1) is 0 Å². The maximum absolute atomic E-state index is 13.3. The van der Waals surface area contributed by atoms with E-state index < -0.39 is 5.82 Å². The number of aliphatic imine (C=N–C) groups is 1. The lowest BCUT2D eigenvalue weighted by molar-refractivity contribution is 0.234. The Balaban J connectivity index is 2.32. The van der Waals surface area contributed by atoms with Crippen molar-refractivity contribution in [2.75, 3.05) is 30.5 Å². The summed E-state index contributed by atoms with van der Waals surface area (Å²) in [4.78, 5) is 6.05. The second kappa shape index (κ2) is 8.27. The molecule has 2 aromatic rings. The Morgan fingerprint density at radius 3 is 2.96 bits per heavy atom. The fourth-order valence-electron chi connectivity index (χ4n) is 1.73. The third-order valence-electron chi connectivity index (χ3n) is 2.94. The Hall–Kier alpha value is -1.65. The van der Waals surface area contributed by atoms with E-state index in [-0.39, 0.29) is 16.0 Å². The van der Waals surface area contributed by atoms with Crippen molar-refractivity contribution >= 4 is 45.0 Å². The molecular formula is C13H15BrFN5O2S. The van der Waals surface area contributed by atoms with Gasteiger partial charge in [-0.05, 0) is 50.7 Å². The summed E-state index contributed by atoms with van der Waals surface area (Å²) in [5.41, 5.74) is 2.67. The van der Waals surface area contributed by atoms with Crippen LogP contribution in [0.15, 0.2) is 32.3 Å². The molecule has 2 rings (SSSR count). The summed E-state index contributed by atoms with van der Waals surface area (Å²) in [6, 6.07) is 4.23. The number of thioether (sulfide) groups is 1. The molecule has 0 aliphatic heterocycles. The minimum absolute atomic E-state index is 0.0516. The molecule has 23 heavy (non-hydrogen) atoms. The summed E-state index contributed by atoms with van der Waals surface area (Å²) in [5, 5.41) is 17.0. The van der Waals surface area contributed by atoms with Crippen LogP contribution in [-0.2, 0) is 0 Å². The first-order valence-corrected chi connectivity index (χ1v) is 8.72. The normalized spacial score (nSPS) is 11.6. The lowest BCUT2D eigenvalue weighted by atomic mass is 10.3. The topological polar surface area (TPSA) is 86.8 Å². The molecule has 0 fully saturated rings. The van der Waals surface area contributed by atoms with Crippen molar-refractivity contribution in [3.63, 3.8) is 0 Å². The Bertz CT molecular complexity index is 697.